The lowest BCUT2D eigenvalue weighted by atomic mass is 9.99. The number of piperazine rings is 1. The molecule has 0 spiro atoms. The lowest BCUT2D eigenvalue weighted by molar-refractivity contribution is -0.157. The molecular weight excluding hydrogens is 611 g/mol. The van der Waals surface area contributed by atoms with Gasteiger partial charge in [0.1, 0.15) is 23.8 Å². The molecule has 238 valence electrons. The third-order valence-corrected chi connectivity index (χ3v) is 9.02. The summed E-state index contributed by atoms with van der Waals surface area (Å²) in [5.74, 6) is -1.04. The number of aromatic nitrogens is 1. The standard InChI is InChI=1S/C32H33FN8O4S/c1-2-12-39(32(45)36-15-19-6-9-22(33)10-7-19)40-18-28(43)41-24(14-20-8-11-25(42)23(34)13-20)30(44)38(17-27(40)41)16-21-4-3-5-26-29(21)37-31(35)46-26/h2-11,13,24,27,42H,1,12,14-18,34H2,(H2,35,37)(H,36,45)/t24-,27+/m0/s1. The molecule has 6 rings (SSSR count). The van der Waals surface area contributed by atoms with Crippen LogP contribution in [0.15, 0.2) is 73.3 Å². The molecule has 2 aliphatic heterocycles. The third-order valence-electron chi connectivity index (χ3n) is 8.17. The van der Waals surface area contributed by atoms with E-state index in [1.165, 1.54) is 39.4 Å². The summed E-state index contributed by atoms with van der Waals surface area (Å²) in [5, 5.41) is 16.3. The molecule has 14 heteroatoms. The number of carbonyl (C=O) groups is 3. The van der Waals surface area contributed by atoms with Crippen LogP contribution in [0, 0.1) is 5.82 Å². The van der Waals surface area contributed by atoms with Crippen molar-refractivity contribution in [1.82, 2.24) is 30.1 Å². The van der Waals surface area contributed by atoms with Gasteiger partial charge in [-0.2, -0.15) is 5.01 Å². The van der Waals surface area contributed by atoms with Gasteiger partial charge in [0.2, 0.25) is 11.8 Å². The van der Waals surface area contributed by atoms with Crippen molar-refractivity contribution in [2.45, 2.75) is 31.7 Å². The molecule has 6 N–H and O–H groups in total. The summed E-state index contributed by atoms with van der Waals surface area (Å²) in [7, 11) is 0. The number of hydrazine groups is 1. The summed E-state index contributed by atoms with van der Waals surface area (Å²) in [4.78, 5) is 49.1. The van der Waals surface area contributed by atoms with Crippen LogP contribution >= 0.6 is 11.3 Å². The second kappa shape index (κ2) is 12.7. The van der Waals surface area contributed by atoms with E-state index >= 15 is 0 Å². The number of amides is 4. The summed E-state index contributed by atoms with van der Waals surface area (Å²) < 4.78 is 14.3. The molecule has 0 radical (unpaired) electrons. The van der Waals surface area contributed by atoms with Crippen LogP contribution in [-0.2, 0) is 29.1 Å². The van der Waals surface area contributed by atoms with Gasteiger partial charge in [0, 0.05) is 19.5 Å². The number of hydrogen-bond acceptors (Lipinski definition) is 9. The number of hydrogen-bond donors (Lipinski definition) is 4. The number of nitrogens with two attached hydrogens (primary N) is 2. The molecule has 0 aliphatic carbocycles. The fourth-order valence-electron chi connectivity index (χ4n) is 6.00. The summed E-state index contributed by atoms with van der Waals surface area (Å²) in [6, 6.07) is 14.8. The average molecular weight is 645 g/mol. The number of carbonyl (C=O) groups excluding carboxylic acids is 3. The summed E-state index contributed by atoms with van der Waals surface area (Å²) in [6.07, 6.45) is 1.02. The maximum absolute atomic E-state index is 14.2. The van der Waals surface area contributed by atoms with Crippen molar-refractivity contribution in [3.63, 3.8) is 0 Å². The van der Waals surface area contributed by atoms with Crippen molar-refractivity contribution in [2.24, 2.45) is 0 Å². The monoisotopic (exact) mass is 644 g/mol. The molecule has 3 aromatic carbocycles. The van der Waals surface area contributed by atoms with Crippen molar-refractivity contribution in [2.75, 3.05) is 31.1 Å². The largest absolute Gasteiger partial charge is 0.506 e. The van der Waals surface area contributed by atoms with Crippen molar-refractivity contribution < 1.29 is 23.9 Å². The minimum absolute atomic E-state index is 0.0796. The first-order valence-corrected chi connectivity index (χ1v) is 15.4. The molecule has 2 aliphatic rings. The number of para-hydroxylation sites is 1. The Bertz CT molecular complexity index is 1820. The molecule has 4 aromatic rings. The molecule has 12 nitrogen and oxygen atoms in total. The summed E-state index contributed by atoms with van der Waals surface area (Å²) in [6.45, 7) is 4.22. The molecule has 2 atom stereocenters. The van der Waals surface area contributed by atoms with E-state index in [1.54, 1.807) is 40.3 Å². The van der Waals surface area contributed by atoms with Crippen LogP contribution in [0.1, 0.15) is 16.7 Å². The third kappa shape index (κ3) is 6.04. The zero-order valence-corrected chi connectivity index (χ0v) is 25.6. The predicted octanol–water partition coefficient (Wildman–Crippen LogP) is 3.04. The number of phenols is 1. The molecular formula is C32H33FN8O4S. The van der Waals surface area contributed by atoms with E-state index in [0.717, 1.165) is 10.3 Å². The Hall–Kier alpha value is -5.21. The van der Waals surface area contributed by atoms with E-state index < -0.39 is 18.2 Å². The van der Waals surface area contributed by atoms with Crippen LogP contribution in [0.2, 0.25) is 0 Å². The second-order valence-electron chi connectivity index (χ2n) is 11.2. The molecule has 0 saturated carbocycles. The van der Waals surface area contributed by atoms with Gasteiger partial charge in [0.05, 0.1) is 35.5 Å². The fraction of sp³-hybridized carbons (Fsp3) is 0.250. The van der Waals surface area contributed by atoms with E-state index in [1.807, 2.05) is 18.2 Å². The van der Waals surface area contributed by atoms with Gasteiger partial charge >= 0.3 is 6.03 Å². The molecule has 46 heavy (non-hydrogen) atoms. The highest BCUT2D eigenvalue weighted by Gasteiger charge is 2.52. The van der Waals surface area contributed by atoms with Gasteiger partial charge in [0.15, 0.2) is 5.13 Å². The predicted molar refractivity (Wildman–Crippen MR) is 172 cm³/mol. The van der Waals surface area contributed by atoms with Gasteiger partial charge in [-0.1, -0.05) is 47.7 Å². The highest BCUT2D eigenvalue weighted by Crippen LogP contribution is 2.33. The van der Waals surface area contributed by atoms with E-state index in [4.69, 9.17) is 11.5 Å². The minimum Gasteiger partial charge on any atom is -0.506 e. The van der Waals surface area contributed by atoms with Crippen LogP contribution in [0.5, 0.6) is 5.75 Å². The number of aromatic hydroxyl groups is 1. The maximum Gasteiger partial charge on any atom is 0.332 e. The van der Waals surface area contributed by atoms with Crippen LogP contribution < -0.4 is 16.8 Å². The van der Waals surface area contributed by atoms with Crippen molar-refractivity contribution >= 4 is 50.2 Å². The number of rotatable bonds is 9. The number of nitrogens with zero attached hydrogens (tertiary/aromatic N) is 5. The first-order chi connectivity index (χ1) is 22.1. The highest BCUT2D eigenvalue weighted by molar-refractivity contribution is 7.22. The molecule has 0 unspecified atom stereocenters. The Morgan fingerprint density at radius 3 is 2.65 bits per heavy atom. The smallest absolute Gasteiger partial charge is 0.332 e. The number of nitrogen functional groups attached to an aromatic ring is 2. The van der Waals surface area contributed by atoms with Crippen LogP contribution in [0.3, 0.4) is 0 Å². The highest BCUT2D eigenvalue weighted by atomic mass is 32.1. The van der Waals surface area contributed by atoms with Gasteiger partial charge in [-0.05, 0) is 47.0 Å². The number of anilines is 2. The normalized spacial score (nSPS) is 18.2. The van der Waals surface area contributed by atoms with Gasteiger partial charge in [-0.3, -0.25) is 14.6 Å². The van der Waals surface area contributed by atoms with Gasteiger partial charge in [-0.25, -0.2) is 14.2 Å². The quantitative estimate of drug-likeness (QED) is 0.123. The zero-order chi connectivity index (χ0) is 32.5. The van der Waals surface area contributed by atoms with Gasteiger partial charge in [0.25, 0.3) is 0 Å². The lowest BCUT2D eigenvalue weighted by Crippen LogP contribution is -2.66. The molecule has 2 saturated heterocycles. The van der Waals surface area contributed by atoms with E-state index in [0.29, 0.717) is 21.8 Å². The van der Waals surface area contributed by atoms with E-state index in [2.05, 4.69) is 16.9 Å². The number of nitrogens with one attached hydrogen (secondary N) is 1. The first-order valence-electron chi connectivity index (χ1n) is 14.6. The minimum atomic E-state index is -0.909. The number of phenolic OH excluding ortho intramolecular Hbond substituents is 1. The van der Waals surface area contributed by atoms with Crippen molar-refractivity contribution in [3.8, 4) is 5.75 Å². The zero-order valence-electron chi connectivity index (χ0n) is 24.8. The molecule has 2 fully saturated rings. The van der Waals surface area contributed by atoms with Crippen LogP contribution in [0.25, 0.3) is 10.2 Å². The Morgan fingerprint density at radius 1 is 1.15 bits per heavy atom. The summed E-state index contributed by atoms with van der Waals surface area (Å²) in [5.41, 5.74) is 15.0. The number of fused-ring (bicyclic) bond motifs is 2. The van der Waals surface area contributed by atoms with Crippen LogP contribution in [-0.4, -0.2) is 79.6 Å². The van der Waals surface area contributed by atoms with Crippen molar-refractivity contribution in [3.05, 3.63) is 95.8 Å². The number of urea groups is 1. The lowest BCUT2D eigenvalue weighted by Gasteiger charge is -2.46. The van der Waals surface area contributed by atoms with Crippen molar-refractivity contribution in [1.29, 1.82) is 0 Å². The SMILES string of the molecule is C=CCN(C(=O)NCc1ccc(F)cc1)N1CC(=O)N2[C@@H](Cc3ccc(O)c(N)c3)C(=O)N(Cc3cccc4sc(N)nc34)C[C@@H]21. The summed E-state index contributed by atoms with van der Waals surface area (Å²) >= 11 is 1.36. The molecule has 3 heterocycles. The number of thiazole rings is 1. The molecule has 0 bridgehead atoms. The molecule has 4 amide bonds. The topological polar surface area (TPSA) is 161 Å². The fourth-order valence-corrected chi connectivity index (χ4v) is 6.78. The second-order valence-corrected chi connectivity index (χ2v) is 12.2. The maximum atomic E-state index is 14.2. The van der Waals surface area contributed by atoms with Gasteiger partial charge in [-0.15, -0.1) is 6.58 Å². The number of benzene rings is 3. The van der Waals surface area contributed by atoms with Gasteiger partial charge < -0.3 is 31.7 Å². The van der Waals surface area contributed by atoms with Crippen LogP contribution in [0.4, 0.5) is 20.0 Å². The first kappa shape index (κ1) is 30.8. The van der Waals surface area contributed by atoms with E-state index in [-0.39, 0.29) is 68.2 Å². The molecule has 1 aromatic heterocycles. The Labute approximate surface area is 268 Å². The average Bonchev–Trinajstić information content (AvgIpc) is 3.58. The van der Waals surface area contributed by atoms with E-state index in [9.17, 15) is 23.9 Å². The Kier molecular flexibility index (Phi) is 8.47. The number of halogens is 1. The Balaban J connectivity index is 1.32. The Morgan fingerprint density at radius 2 is 1.91 bits per heavy atom.